The van der Waals surface area contributed by atoms with Gasteiger partial charge < -0.3 is 0 Å². The van der Waals surface area contributed by atoms with Crippen LogP contribution in [0.15, 0.2) is 11.9 Å². The van der Waals surface area contributed by atoms with Crippen molar-refractivity contribution in [2.75, 3.05) is 5.88 Å². The van der Waals surface area contributed by atoms with Gasteiger partial charge in [-0.3, -0.25) is 0 Å². The van der Waals surface area contributed by atoms with E-state index in [-0.39, 0.29) is 11.7 Å². The van der Waals surface area contributed by atoms with Crippen molar-refractivity contribution in [3.8, 4) is 0 Å². The van der Waals surface area contributed by atoms with Gasteiger partial charge in [0.2, 0.25) is 0 Å². The molecule has 0 amide bonds. The molecule has 0 aliphatic heterocycles. The lowest BCUT2D eigenvalue weighted by Gasteiger charge is -1.74. The van der Waals surface area contributed by atoms with Crippen molar-refractivity contribution < 1.29 is 4.39 Å². The summed E-state index contributed by atoms with van der Waals surface area (Å²) in [4.78, 5) is 0. The summed E-state index contributed by atoms with van der Waals surface area (Å²) in [5.74, 6) is 0.0486. The minimum Gasteiger partial charge on any atom is -0.212 e. The van der Waals surface area contributed by atoms with Crippen LogP contribution in [-0.2, 0) is 0 Å². The molecule has 0 aromatic carbocycles. The number of hydrogen-bond donors (Lipinski definition) is 0. The molecule has 0 saturated carbocycles. The SMILES string of the molecule is CC(F)=CCCl. The van der Waals surface area contributed by atoms with Gasteiger partial charge in [-0.2, -0.15) is 0 Å². The van der Waals surface area contributed by atoms with Gasteiger partial charge in [-0.05, 0) is 13.0 Å². The molecule has 0 nitrogen and oxygen atoms in total. The van der Waals surface area contributed by atoms with E-state index in [0.29, 0.717) is 0 Å². The first-order valence-corrected chi connectivity index (χ1v) is 2.19. The summed E-state index contributed by atoms with van der Waals surface area (Å²) in [5.41, 5.74) is 0. The normalized spacial score (nSPS) is 12.2. The molecule has 0 saturated heterocycles. The summed E-state index contributed by atoms with van der Waals surface area (Å²) >= 11 is 5.08. The van der Waals surface area contributed by atoms with E-state index < -0.39 is 0 Å². The molecule has 0 fully saturated rings. The highest BCUT2D eigenvalue weighted by atomic mass is 35.5. The predicted molar refractivity (Wildman–Crippen MR) is 25.6 cm³/mol. The van der Waals surface area contributed by atoms with E-state index in [0.717, 1.165) is 0 Å². The molecule has 0 bridgehead atoms. The molecule has 0 aliphatic rings. The Morgan fingerprint density at radius 1 is 2.00 bits per heavy atom. The van der Waals surface area contributed by atoms with Gasteiger partial charge in [-0.1, -0.05) is 0 Å². The van der Waals surface area contributed by atoms with Crippen molar-refractivity contribution in [3.05, 3.63) is 11.9 Å². The summed E-state index contributed by atoms with van der Waals surface area (Å²) in [6, 6.07) is 0. The van der Waals surface area contributed by atoms with Crippen LogP contribution < -0.4 is 0 Å². The zero-order chi connectivity index (χ0) is 4.99. The summed E-state index contributed by atoms with van der Waals surface area (Å²) in [6.07, 6.45) is 1.31. The summed E-state index contributed by atoms with van der Waals surface area (Å²) in [6.45, 7) is 1.36. The number of hydrogen-bond acceptors (Lipinski definition) is 0. The van der Waals surface area contributed by atoms with Crippen molar-refractivity contribution in [1.29, 1.82) is 0 Å². The Morgan fingerprint density at radius 3 is 2.50 bits per heavy atom. The minimum absolute atomic E-state index is 0.218. The van der Waals surface area contributed by atoms with Crippen LogP contribution in [0.4, 0.5) is 4.39 Å². The Balaban J connectivity index is 3.14. The fourth-order valence-electron chi connectivity index (χ4n) is 0.106. The second kappa shape index (κ2) is 3.16. The van der Waals surface area contributed by atoms with E-state index in [4.69, 9.17) is 11.6 Å². The van der Waals surface area contributed by atoms with Gasteiger partial charge in [0.1, 0.15) is 0 Å². The standard InChI is InChI=1S/C4H6ClF/c1-4(6)2-3-5/h2H,3H2,1H3. The fourth-order valence-corrected chi connectivity index (χ4v) is 0.319. The van der Waals surface area contributed by atoms with E-state index in [9.17, 15) is 4.39 Å². The average molecular weight is 109 g/mol. The second-order valence-corrected chi connectivity index (χ2v) is 1.25. The maximum atomic E-state index is 11.5. The lowest BCUT2D eigenvalue weighted by atomic mass is 10.5. The van der Waals surface area contributed by atoms with Gasteiger partial charge in [-0.25, -0.2) is 4.39 Å². The third-order valence-electron chi connectivity index (χ3n) is 0.358. The Bertz CT molecular complexity index is 54.6. The molecule has 2 heteroatoms. The molecule has 0 rings (SSSR count). The molecular formula is C4H6ClF. The Kier molecular flexibility index (Phi) is 3.14. The highest BCUT2D eigenvalue weighted by Crippen LogP contribution is 1.91. The Labute approximate surface area is 41.6 Å². The number of alkyl halides is 1. The second-order valence-electron chi connectivity index (χ2n) is 0.945. The number of allylic oxidation sites excluding steroid dienone is 2. The molecule has 0 aliphatic carbocycles. The first-order valence-electron chi connectivity index (χ1n) is 1.65. The minimum atomic E-state index is -0.218. The van der Waals surface area contributed by atoms with Crippen LogP contribution in [0.25, 0.3) is 0 Å². The molecule has 0 heterocycles. The van der Waals surface area contributed by atoms with E-state index in [1.807, 2.05) is 0 Å². The van der Waals surface area contributed by atoms with Gasteiger partial charge in [-0.15, -0.1) is 11.6 Å². The van der Waals surface area contributed by atoms with Crippen molar-refractivity contribution in [3.63, 3.8) is 0 Å². The monoisotopic (exact) mass is 108 g/mol. The van der Waals surface area contributed by atoms with Crippen molar-refractivity contribution in [2.24, 2.45) is 0 Å². The molecule has 6 heavy (non-hydrogen) atoms. The topological polar surface area (TPSA) is 0 Å². The number of halogens is 2. The van der Waals surface area contributed by atoms with Crippen LogP contribution in [0.2, 0.25) is 0 Å². The summed E-state index contributed by atoms with van der Waals surface area (Å²) in [5, 5.41) is 0. The van der Waals surface area contributed by atoms with Crippen molar-refractivity contribution >= 4 is 11.6 Å². The van der Waals surface area contributed by atoms with E-state index in [2.05, 4.69) is 0 Å². The first-order chi connectivity index (χ1) is 2.77. The quantitative estimate of drug-likeness (QED) is 0.452. The van der Waals surface area contributed by atoms with Crippen LogP contribution in [0.1, 0.15) is 6.92 Å². The maximum Gasteiger partial charge on any atom is 0.0940 e. The molecule has 0 atom stereocenters. The fraction of sp³-hybridized carbons (Fsp3) is 0.500. The average Bonchev–Trinajstić information content (AvgIpc) is 1.35. The van der Waals surface area contributed by atoms with Crippen LogP contribution in [0, 0.1) is 0 Å². The third kappa shape index (κ3) is 3.96. The van der Waals surface area contributed by atoms with E-state index in [1.54, 1.807) is 0 Å². The van der Waals surface area contributed by atoms with Gasteiger partial charge >= 0.3 is 0 Å². The Hall–Kier alpha value is -0.0400. The molecule has 0 spiro atoms. The largest absolute Gasteiger partial charge is 0.212 e. The van der Waals surface area contributed by atoms with Crippen LogP contribution in [0.3, 0.4) is 0 Å². The molecule has 0 aromatic heterocycles. The molecule has 0 radical (unpaired) electrons. The van der Waals surface area contributed by atoms with Gasteiger partial charge in [0.05, 0.1) is 5.83 Å². The highest BCUT2D eigenvalue weighted by molar-refractivity contribution is 6.18. The zero-order valence-corrected chi connectivity index (χ0v) is 4.30. The van der Waals surface area contributed by atoms with Crippen molar-refractivity contribution in [1.82, 2.24) is 0 Å². The molecule has 36 valence electrons. The van der Waals surface area contributed by atoms with Gasteiger partial charge in [0.25, 0.3) is 0 Å². The molecule has 0 aromatic rings. The maximum absolute atomic E-state index is 11.5. The third-order valence-corrected chi connectivity index (χ3v) is 0.513. The van der Waals surface area contributed by atoms with Gasteiger partial charge in [0.15, 0.2) is 0 Å². The lowest BCUT2D eigenvalue weighted by Crippen LogP contribution is -1.60. The van der Waals surface area contributed by atoms with Crippen LogP contribution in [-0.4, -0.2) is 5.88 Å². The summed E-state index contributed by atoms with van der Waals surface area (Å²) in [7, 11) is 0. The smallest absolute Gasteiger partial charge is 0.0940 e. The van der Waals surface area contributed by atoms with E-state index in [1.165, 1.54) is 13.0 Å². The lowest BCUT2D eigenvalue weighted by molar-refractivity contribution is 0.638. The van der Waals surface area contributed by atoms with Crippen LogP contribution >= 0.6 is 11.6 Å². The molecule has 0 N–H and O–H groups in total. The van der Waals surface area contributed by atoms with Crippen LogP contribution in [0.5, 0.6) is 0 Å². The first kappa shape index (κ1) is 5.96. The predicted octanol–water partition coefficient (Wildman–Crippen LogP) is 2.10. The zero-order valence-electron chi connectivity index (χ0n) is 3.54. The van der Waals surface area contributed by atoms with Crippen molar-refractivity contribution in [2.45, 2.75) is 6.92 Å². The molecule has 0 unspecified atom stereocenters. The van der Waals surface area contributed by atoms with E-state index >= 15 is 0 Å². The molecular weight excluding hydrogens is 102 g/mol. The van der Waals surface area contributed by atoms with Gasteiger partial charge in [0, 0.05) is 5.88 Å². The summed E-state index contributed by atoms with van der Waals surface area (Å²) < 4.78 is 11.5. The Morgan fingerprint density at radius 2 is 2.50 bits per heavy atom. The highest BCUT2D eigenvalue weighted by Gasteiger charge is 1.74. The number of rotatable bonds is 1.